The molecule has 4 rings (SSSR count). The molecule has 1 aliphatic carbocycles. The number of alkyl carbamates (subject to hydrolysis) is 1. The van der Waals surface area contributed by atoms with Gasteiger partial charge in [0.25, 0.3) is 0 Å². The lowest BCUT2D eigenvalue weighted by atomic mass is 9.98. The lowest BCUT2D eigenvalue weighted by molar-refractivity contribution is -0.138. The zero-order chi connectivity index (χ0) is 33.6. The van der Waals surface area contributed by atoms with Gasteiger partial charge in [0.2, 0.25) is 5.91 Å². The van der Waals surface area contributed by atoms with Crippen molar-refractivity contribution in [1.82, 2.24) is 15.1 Å². The molecule has 10 nitrogen and oxygen atoms in total. The Hall–Kier alpha value is -4.86. The summed E-state index contributed by atoms with van der Waals surface area (Å²) >= 11 is 0. The van der Waals surface area contributed by atoms with Crippen LogP contribution in [-0.2, 0) is 25.7 Å². The van der Waals surface area contributed by atoms with Crippen molar-refractivity contribution < 1.29 is 33.8 Å². The van der Waals surface area contributed by atoms with Gasteiger partial charge in [0.15, 0.2) is 0 Å². The molecule has 0 saturated carbocycles. The minimum atomic E-state index is -0.995. The molecule has 2 N–H and O–H groups in total. The number of carbonyl (C=O) groups excluding carboxylic acids is 3. The minimum absolute atomic E-state index is 0.0423. The number of ether oxygens (including phenoxy) is 2. The predicted molar refractivity (Wildman–Crippen MR) is 179 cm³/mol. The van der Waals surface area contributed by atoms with E-state index in [-0.39, 0.29) is 56.9 Å². The average molecular weight is 644 g/mol. The molecule has 10 heteroatoms. The van der Waals surface area contributed by atoms with Gasteiger partial charge in [-0.3, -0.25) is 9.59 Å². The second kappa shape index (κ2) is 17.7. The molecule has 3 amide bonds. The lowest BCUT2D eigenvalue weighted by Gasteiger charge is -2.27. The summed E-state index contributed by atoms with van der Waals surface area (Å²) in [5.41, 5.74) is 5.43. The molecule has 0 aliphatic heterocycles. The summed E-state index contributed by atoms with van der Waals surface area (Å²) in [6.07, 6.45) is 0.00308. The number of benzene rings is 3. The maximum atomic E-state index is 13.3. The number of carboxylic acids is 1. The van der Waals surface area contributed by atoms with E-state index in [1.165, 1.54) is 4.90 Å². The van der Waals surface area contributed by atoms with E-state index in [0.717, 1.165) is 27.8 Å². The van der Waals surface area contributed by atoms with Crippen LogP contribution in [0.1, 0.15) is 62.1 Å². The van der Waals surface area contributed by atoms with Crippen molar-refractivity contribution in [2.75, 3.05) is 39.3 Å². The van der Waals surface area contributed by atoms with Gasteiger partial charge in [-0.25, -0.2) is 9.59 Å². The molecule has 0 unspecified atom stereocenters. The topological polar surface area (TPSA) is 125 Å². The van der Waals surface area contributed by atoms with Gasteiger partial charge in [0.05, 0.1) is 6.42 Å². The van der Waals surface area contributed by atoms with E-state index >= 15 is 0 Å². The van der Waals surface area contributed by atoms with Crippen molar-refractivity contribution in [3.05, 3.63) is 95.6 Å². The maximum absolute atomic E-state index is 13.3. The molecule has 0 bridgehead atoms. The largest absolute Gasteiger partial charge is 0.481 e. The van der Waals surface area contributed by atoms with E-state index in [9.17, 15) is 24.3 Å². The summed E-state index contributed by atoms with van der Waals surface area (Å²) in [4.78, 5) is 53.0. The highest BCUT2D eigenvalue weighted by Gasteiger charge is 2.30. The number of rotatable bonds is 17. The van der Waals surface area contributed by atoms with Gasteiger partial charge < -0.3 is 29.7 Å². The van der Waals surface area contributed by atoms with E-state index in [4.69, 9.17) is 9.47 Å². The second-order valence-corrected chi connectivity index (χ2v) is 12.1. The maximum Gasteiger partial charge on any atom is 0.409 e. The highest BCUT2D eigenvalue weighted by Crippen LogP contribution is 2.44. The highest BCUT2D eigenvalue weighted by atomic mass is 16.6. The number of nitrogens with zero attached hydrogens (tertiary/aromatic N) is 2. The van der Waals surface area contributed by atoms with Gasteiger partial charge in [-0.1, -0.05) is 92.7 Å². The number of amides is 3. The van der Waals surface area contributed by atoms with Crippen LogP contribution >= 0.6 is 0 Å². The molecule has 0 atom stereocenters. The van der Waals surface area contributed by atoms with Crippen molar-refractivity contribution >= 4 is 24.1 Å². The fraction of sp³-hybridized carbons (Fsp3) is 0.405. The number of hydrogen-bond acceptors (Lipinski definition) is 6. The molecular weight excluding hydrogens is 598 g/mol. The average Bonchev–Trinajstić information content (AvgIpc) is 3.39. The van der Waals surface area contributed by atoms with Crippen LogP contribution in [0.3, 0.4) is 0 Å². The zero-order valence-electron chi connectivity index (χ0n) is 27.2. The highest BCUT2D eigenvalue weighted by molar-refractivity contribution is 5.80. The number of fused-ring (bicyclic) bond motifs is 3. The number of unbranched alkanes of at least 4 members (excludes halogenated alkanes) is 1. The van der Waals surface area contributed by atoms with Crippen molar-refractivity contribution in [3.63, 3.8) is 0 Å². The molecule has 0 fully saturated rings. The normalized spacial score (nSPS) is 11.8. The molecule has 0 aromatic heterocycles. The Labute approximate surface area is 276 Å². The van der Waals surface area contributed by atoms with Crippen LogP contribution in [0.25, 0.3) is 11.1 Å². The van der Waals surface area contributed by atoms with Crippen LogP contribution in [0.5, 0.6) is 0 Å². The summed E-state index contributed by atoms with van der Waals surface area (Å²) in [6, 6.07) is 25.7. The first-order valence-corrected chi connectivity index (χ1v) is 16.3. The van der Waals surface area contributed by atoms with Gasteiger partial charge in [-0.15, -0.1) is 0 Å². The Morgan fingerprint density at radius 1 is 0.766 bits per heavy atom. The molecule has 1 aliphatic rings. The first-order chi connectivity index (χ1) is 22.7. The van der Waals surface area contributed by atoms with Crippen LogP contribution in [0.2, 0.25) is 0 Å². The SMILES string of the molecule is CC(C)CN(CCC(=O)N(CCCCNC(=O)OCc1ccccc1)CCC(=O)O)C(=O)OCC1c2ccccc2-c2ccccc21. The third kappa shape index (κ3) is 10.6. The molecule has 47 heavy (non-hydrogen) atoms. The Morgan fingerprint density at radius 2 is 1.38 bits per heavy atom. The van der Waals surface area contributed by atoms with Gasteiger partial charge in [0.1, 0.15) is 13.2 Å². The third-order valence-electron chi connectivity index (χ3n) is 8.06. The summed E-state index contributed by atoms with van der Waals surface area (Å²) < 4.78 is 11.1. The first-order valence-electron chi connectivity index (χ1n) is 16.3. The van der Waals surface area contributed by atoms with Crippen LogP contribution in [0.4, 0.5) is 9.59 Å². The molecule has 3 aromatic rings. The van der Waals surface area contributed by atoms with E-state index in [1.54, 1.807) is 4.90 Å². The van der Waals surface area contributed by atoms with Crippen molar-refractivity contribution in [2.24, 2.45) is 5.92 Å². The summed E-state index contributed by atoms with van der Waals surface area (Å²) in [6.45, 7) is 5.70. The van der Waals surface area contributed by atoms with E-state index in [2.05, 4.69) is 29.6 Å². The Morgan fingerprint density at radius 3 is 2.02 bits per heavy atom. The summed E-state index contributed by atoms with van der Waals surface area (Å²) in [5.74, 6) is -1.14. The monoisotopic (exact) mass is 643 g/mol. The van der Waals surface area contributed by atoms with Crippen LogP contribution < -0.4 is 5.32 Å². The number of hydrogen-bond donors (Lipinski definition) is 2. The first kappa shape index (κ1) is 35.0. The fourth-order valence-electron chi connectivity index (χ4n) is 5.76. The predicted octanol–water partition coefficient (Wildman–Crippen LogP) is 6.29. The van der Waals surface area contributed by atoms with Gasteiger partial charge in [-0.2, -0.15) is 0 Å². The van der Waals surface area contributed by atoms with E-state index < -0.39 is 18.2 Å². The van der Waals surface area contributed by atoms with Crippen molar-refractivity contribution in [1.29, 1.82) is 0 Å². The number of aliphatic carboxylic acids is 1. The van der Waals surface area contributed by atoms with Gasteiger partial charge in [0, 0.05) is 45.1 Å². The number of nitrogens with one attached hydrogen (secondary N) is 1. The lowest BCUT2D eigenvalue weighted by Crippen LogP contribution is -2.40. The zero-order valence-corrected chi connectivity index (χ0v) is 27.2. The molecule has 3 aromatic carbocycles. The third-order valence-corrected chi connectivity index (χ3v) is 8.06. The Kier molecular flexibility index (Phi) is 13.2. The number of carboxylic acid groups (broad SMARTS) is 1. The standard InChI is InChI=1S/C37H45N3O7/c1-27(2)24-40(37(45)47-26-33-31-16-8-6-14-29(31)30-15-7-9-17-32(30)33)22-18-34(41)39(23-19-35(42)43)21-11-10-20-38-36(44)46-25-28-12-4-3-5-13-28/h3-9,12-17,27,33H,10-11,18-26H2,1-2H3,(H,38,44)(H,42,43). The molecule has 0 spiro atoms. The van der Waals surface area contributed by atoms with Crippen LogP contribution in [-0.4, -0.2) is 78.3 Å². The summed E-state index contributed by atoms with van der Waals surface area (Å²) in [5, 5.41) is 11.9. The van der Waals surface area contributed by atoms with Gasteiger partial charge in [-0.05, 0) is 46.6 Å². The smallest absolute Gasteiger partial charge is 0.409 e. The van der Waals surface area contributed by atoms with Crippen LogP contribution in [0.15, 0.2) is 78.9 Å². The van der Waals surface area contributed by atoms with Crippen molar-refractivity contribution in [2.45, 2.75) is 52.1 Å². The van der Waals surface area contributed by atoms with E-state index in [1.807, 2.05) is 68.4 Å². The van der Waals surface area contributed by atoms with Crippen LogP contribution in [0, 0.1) is 5.92 Å². The minimum Gasteiger partial charge on any atom is -0.481 e. The van der Waals surface area contributed by atoms with E-state index in [0.29, 0.717) is 32.5 Å². The Balaban J connectivity index is 1.26. The molecule has 0 heterocycles. The Bertz CT molecular complexity index is 1450. The summed E-state index contributed by atoms with van der Waals surface area (Å²) in [7, 11) is 0. The molecule has 0 radical (unpaired) electrons. The van der Waals surface area contributed by atoms with Crippen molar-refractivity contribution in [3.8, 4) is 11.1 Å². The second-order valence-electron chi connectivity index (χ2n) is 12.1. The van der Waals surface area contributed by atoms with Gasteiger partial charge >= 0.3 is 18.2 Å². The molecule has 0 saturated heterocycles. The fourth-order valence-corrected chi connectivity index (χ4v) is 5.76. The molecular formula is C37H45N3O7. The quantitative estimate of drug-likeness (QED) is 0.166. The number of carbonyl (C=O) groups is 4. The molecule has 250 valence electrons.